The summed E-state index contributed by atoms with van der Waals surface area (Å²) >= 11 is 0. The number of hydrogen-bond donors (Lipinski definition) is 0. The van der Waals surface area contributed by atoms with Crippen LogP contribution in [0.5, 0.6) is 0 Å². The molecule has 0 atom stereocenters. The first-order valence-electron chi connectivity index (χ1n) is 6.12. The second-order valence-electron chi connectivity index (χ2n) is 4.11. The second kappa shape index (κ2) is 6.74. The summed E-state index contributed by atoms with van der Waals surface area (Å²) in [5.41, 5.74) is 1.11. The highest BCUT2D eigenvalue weighted by atomic mass is 16.6. The third-order valence-corrected chi connectivity index (χ3v) is 2.68. The Kier molecular flexibility index (Phi) is 5.30. The Morgan fingerprint density at radius 3 is 2.33 bits per heavy atom. The minimum Gasteiger partial charge on any atom is -0.371 e. The van der Waals surface area contributed by atoms with Gasteiger partial charge in [-0.3, -0.25) is 14.9 Å². The Hall–Kier alpha value is -1.91. The minimum atomic E-state index is -0.485. The van der Waals surface area contributed by atoms with E-state index in [2.05, 4.69) is 18.7 Å². The zero-order chi connectivity index (χ0) is 13.5. The van der Waals surface area contributed by atoms with E-state index >= 15 is 0 Å². The molecule has 98 valence electrons. The number of benzene rings is 1. The lowest BCUT2D eigenvalue weighted by atomic mass is 10.1. The first-order chi connectivity index (χ1) is 8.63. The molecular weight excluding hydrogens is 232 g/mol. The fraction of sp³-hybridized carbons (Fsp3) is 0.462. The normalized spacial score (nSPS) is 10.1. The molecule has 0 radical (unpaired) electrons. The zero-order valence-electron chi connectivity index (χ0n) is 10.8. The van der Waals surface area contributed by atoms with Crippen molar-refractivity contribution in [1.29, 1.82) is 0 Å². The van der Waals surface area contributed by atoms with E-state index in [0.29, 0.717) is 11.8 Å². The van der Waals surface area contributed by atoms with Crippen molar-refractivity contribution in [2.45, 2.75) is 26.7 Å². The quantitative estimate of drug-likeness (QED) is 0.424. The van der Waals surface area contributed by atoms with Gasteiger partial charge in [0, 0.05) is 36.5 Å². The lowest BCUT2D eigenvalue weighted by Gasteiger charge is -2.24. The van der Waals surface area contributed by atoms with Gasteiger partial charge < -0.3 is 4.90 Å². The third-order valence-electron chi connectivity index (χ3n) is 2.68. The first kappa shape index (κ1) is 14.2. The summed E-state index contributed by atoms with van der Waals surface area (Å²) < 4.78 is 0. The van der Waals surface area contributed by atoms with Crippen LogP contribution in [-0.4, -0.2) is 24.3 Å². The molecule has 5 nitrogen and oxygen atoms in total. The molecule has 0 aliphatic heterocycles. The Bertz CT molecular complexity index is 426. The molecule has 0 saturated heterocycles. The smallest absolute Gasteiger partial charge is 0.270 e. The van der Waals surface area contributed by atoms with Crippen molar-refractivity contribution >= 4 is 17.7 Å². The topological polar surface area (TPSA) is 63.4 Å². The zero-order valence-corrected chi connectivity index (χ0v) is 10.8. The Labute approximate surface area is 107 Å². The van der Waals surface area contributed by atoms with E-state index in [4.69, 9.17) is 0 Å². The SMILES string of the molecule is CCCN(CCC)c1ccc([N+](=O)[O-])cc1C=O. The maximum absolute atomic E-state index is 11.1. The molecule has 0 fully saturated rings. The first-order valence-corrected chi connectivity index (χ1v) is 6.12. The summed E-state index contributed by atoms with van der Waals surface area (Å²) in [6.45, 7) is 5.81. The number of hydrogen-bond acceptors (Lipinski definition) is 4. The molecule has 0 bridgehead atoms. The molecule has 0 unspecified atom stereocenters. The highest BCUT2D eigenvalue weighted by Crippen LogP contribution is 2.24. The maximum atomic E-state index is 11.1. The number of carbonyl (C=O) groups is 1. The highest BCUT2D eigenvalue weighted by Gasteiger charge is 2.14. The molecule has 0 aliphatic carbocycles. The van der Waals surface area contributed by atoms with E-state index in [1.807, 2.05) is 0 Å². The summed E-state index contributed by atoms with van der Waals surface area (Å²) in [5.74, 6) is 0. The highest BCUT2D eigenvalue weighted by molar-refractivity contribution is 5.86. The molecule has 0 saturated carbocycles. The summed E-state index contributed by atoms with van der Waals surface area (Å²) in [6.07, 6.45) is 2.62. The van der Waals surface area contributed by atoms with Crippen molar-refractivity contribution in [3.8, 4) is 0 Å². The molecule has 1 rings (SSSR count). The van der Waals surface area contributed by atoms with Crippen LogP contribution in [0, 0.1) is 10.1 Å². The van der Waals surface area contributed by atoms with Gasteiger partial charge in [0.1, 0.15) is 0 Å². The monoisotopic (exact) mass is 250 g/mol. The molecular formula is C13H18N2O3. The molecule has 0 heterocycles. The van der Waals surface area contributed by atoms with Gasteiger partial charge in [0.05, 0.1) is 4.92 Å². The molecule has 0 aromatic heterocycles. The van der Waals surface area contributed by atoms with Crippen molar-refractivity contribution < 1.29 is 9.72 Å². The Morgan fingerprint density at radius 2 is 1.89 bits per heavy atom. The summed E-state index contributed by atoms with van der Waals surface area (Å²) in [6, 6.07) is 4.44. The molecule has 0 N–H and O–H groups in total. The average molecular weight is 250 g/mol. The summed E-state index contributed by atoms with van der Waals surface area (Å²) in [7, 11) is 0. The van der Waals surface area contributed by atoms with Crippen LogP contribution in [0.25, 0.3) is 0 Å². The molecule has 0 spiro atoms. The van der Waals surface area contributed by atoms with Crippen molar-refractivity contribution in [2.75, 3.05) is 18.0 Å². The molecule has 0 amide bonds. The number of nitro groups is 1. The van der Waals surface area contributed by atoms with Crippen LogP contribution in [-0.2, 0) is 0 Å². The average Bonchev–Trinajstić information content (AvgIpc) is 2.37. The number of carbonyl (C=O) groups excluding carboxylic acids is 1. The van der Waals surface area contributed by atoms with Gasteiger partial charge in [-0.2, -0.15) is 0 Å². The van der Waals surface area contributed by atoms with E-state index in [1.54, 1.807) is 6.07 Å². The third kappa shape index (κ3) is 3.29. The lowest BCUT2D eigenvalue weighted by Crippen LogP contribution is -2.26. The van der Waals surface area contributed by atoms with Crippen LogP contribution in [0.2, 0.25) is 0 Å². The van der Waals surface area contributed by atoms with Crippen molar-refractivity contribution in [3.05, 3.63) is 33.9 Å². The standard InChI is InChI=1S/C13H18N2O3/c1-3-7-14(8-4-2)13-6-5-12(15(17)18)9-11(13)10-16/h5-6,9-10H,3-4,7-8H2,1-2H3. The number of aldehydes is 1. The fourth-order valence-electron chi connectivity index (χ4n) is 1.93. The van der Waals surface area contributed by atoms with Crippen molar-refractivity contribution in [3.63, 3.8) is 0 Å². The molecule has 1 aromatic carbocycles. The number of non-ortho nitro benzene ring substituents is 1. The van der Waals surface area contributed by atoms with Gasteiger partial charge in [0.15, 0.2) is 6.29 Å². The lowest BCUT2D eigenvalue weighted by molar-refractivity contribution is -0.384. The van der Waals surface area contributed by atoms with Gasteiger partial charge in [0.25, 0.3) is 5.69 Å². The summed E-state index contributed by atoms with van der Waals surface area (Å²) in [4.78, 5) is 23.3. The van der Waals surface area contributed by atoms with Gasteiger partial charge >= 0.3 is 0 Å². The summed E-state index contributed by atoms with van der Waals surface area (Å²) in [5, 5.41) is 10.7. The van der Waals surface area contributed by atoms with E-state index in [9.17, 15) is 14.9 Å². The van der Waals surface area contributed by atoms with E-state index in [1.165, 1.54) is 12.1 Å². The van der Waals surface area contributed by atoms with Gasteiger partial charge in [-0.15, -0.1) is 0 Å². The Morgan fingerprint density at radius 1 is 1.28 bits per heavy atom. The van der Waals surface area contributed by atoms with Crippen LogP contribution in [0.1, 0.15) is 37.0 Å². The van der Waals surface area contributed by atoms with Gasteiger partial charge in [0.2, 0.25) is 0 Å². The molecule has 1 aromatic rings. The predicted octanol–water partition coefficient (Wildman–Crippen LogP) is 3.03. The van der Waals surface area contributed by atoms with Crippen LogP contribution in [0.4, 0.5) is 11.4 Å². The number of nitrogens with zero attached hydrogens (tertiary/aromatic N) is 2. The van der Waals surface area contributed by atoms with Crippen LogP contribution < -0.4 is 4.90 Å². The molecule has 18 heavy (non-hydrogen) atoms. The van der Waals surface area contributed by atoms with Crippen molar-refractivity contribution in [2.24, 2.45) is 0 Å². The van der Waals surface area contributed by atoms with Crippen molar-refractivity contribution in [1.82, 2.24) is 0 Å². The van der Waals surface area contributed by atoms with E-state index in [0.717, 1.165) is 31.6 Å². The molecule has 5 heteroatoms. The number of nitro benzene ring substituents is 1. The Balaban J connectivity index is 3.13. The largest absolute Gasteiger partial charge is 0.371 e. The second-order valence-corrected chi connectivity index (χ2v) is 4.11. The maximum Gasteiger partial charge on any atom is 0.270 e. The minimum absolute atomic E-state index is 0.0474. The fourth-order valence-corrected chi connectivity index (χ4v) is 1.93. The van der Waals surface area contributed by atoms with Crippen LogP contribution in [0.3, 0.4) is 0 Å². The van der Waals surface area contributed by atoms with Crippen LogP contribution in [0.15, 0.2) is 18.2 Å². The number of anilines is 1. The predicted molar refractivity (Wildman–Crippen MR) is 71.3 cm³/mol. The number of rotatable bonds is 7. The van der Waals surface area contributed by atoms with Gasteiger partial charge in [-0.05, 0) is 18.9 Å². The van der Waals surface area contributed by atoms with E-state index < -0.39 is 4.92 Å². The van der Waals surface area contributed by atoms with Crippen LogP contribution >= 0.6 is 0 Å². The van der Waals surface area contributed by atoms with Gasteiger partial charge in [-0.25, -0.2) is 0 Å². The van der Waals surface area contributed by atoms with Gasteiger partial charge in [-0.1, -0.05) is 13.8 Å². The van der Waals surface area contributed by atoms with E-state index in [-0.39, 0.29) is 5.69 Å². The molecule has 0 aliphatic rings.